The summed E-state index contributed by atoms with van der Waals surface area (Å²) in [6, 6.07) is 0. The molecule has 1 rings (SSSR count). The van der Waals surface area contributed by atoms with Crippen molar-refractivity contribution >= 4 is 0 Å². The number of aromatic hydroxyl groups is 1. The first kappa shape index (κ1) is 6.13. The molecule has 1 aromatic heterocycles. The number of aromatic nitrogens is 2. The van der Waals surface area contributed by atoms with Gasteiger partial charge in [-0.2, -0.15) is 5.10 Å². The van der Waals surface area contributed by atoms with E-state index in [0.717, 1.165) is 6.54 Å². The van der Waals surface area contributed by atoms with E-state index in [2.05, 4.69) is 5.10 Å². The van der Waals surface area contributed by atoms with E-state index in [1.54, 1.807) is 17.8 Å². The molecular formula is C6H10N2O. The van der Waals surface area contributed by atoms with E-state index in [4.69, 9.17) is 5.11 Å². The van der Waals surface area contributed by atoms with Crippen molar-refractivity contribution in [2.24, 2.45) is 0 Å². The van der Waals surface area contributed by atoms with Crippen molar-refractivity contribution in [3.63, 3.8) is 0 Å². The second kappa shape index (κ2) is 2.09. The summed E-state index contributed by atoms with van der Waals surface area (Å²) in [6.45, 7) is 4.56. The maximum absolute atomic E-state index is 8.99. The molecule has 0 spiro atoms. The summed E-state index contributed by atoms with van der Waals surface area (Å²) in [5.41, 5.74) is 0.692. The van der Waals surface area contributed by atoms with Gasteiger partial charge >= 0.3 is 0 Å². The minimum Gasteiger partial charge on any atom is -0.504 e. The molecule has 0 atom stereocenters. The van der Waals surface area contributed by atoms with Crippen molar-refractivity contribution in [2.45, 2.75) is 20.4 Å². The van der Waals surface area contributed by atoms with Gasteiger partial charge in [0.2, 0.25) is 0 Å². The lowest BCUT2D eigenvalue weighted by atomic mass is 10.5. The number of hydrogen-bond acceptors (Lipinski definition) is 2. The van der Waals surface area contributed by atoms with Crippen molar-refractivity contribution in [3.8, 4) is 5.75 Å². The van der Waals surface area contributed by atoms with Gasteiger partial charge in [0.05, 0.1) is 6.20 Å². The highest BCUT2D eigenvalue weighted by molar-refractivity contribution is 5.20. The molecule has 1 aromatic rings. The monoisotopic (exact) mass is 126 g/mol. The van der Waals surface area contributed by atoms with Gasteiger partial charge in [-0.05, 0) is 13.8 Å². The normalized spacial score (nSPS) is 10.0. The average Bonchev–Trinajstić information content (AvgIpc) is 2.13. The SMILES string of the molecule is CCn1cc(O)c(C)n1. The lowest BCUT2D eigenvalue weighted by Gasteiger charge is -1.88. The lowest BCUT2D eigenvalue weighted by molar-refractivity contribution is 0.470. The summed E-state index contributed by atoms with van der Waals surface area (Å²) < 4.78 is 1.70. The van der Waals surface area contributed by atoms with Crippen molar-refractivity contribution in [3.05, 3.63) is 11.9 Å². The van der Waals surface area contributed by atoms with Crippen LogP contribution in [0.25, 0.3) is 0 Å². The fourth-order valence-electron chi connectivity index (χ4n) is 0.669. The molecule has 50 valence electrons. The molecule has 3 nitrogen and oxygen atoms in total. The molecule has 0 radical (unpaired) electrons. The van der Waals surface area contributed by atoms with Crippen LogP contribution in [-0.4, -0.2) is 14.9 Å². The lowest BCUT2D eigenvalue weighted by Crippen LogP contribution is -1.93. The fourth-order valence-corrected chi connectivity index (χ4v) is 0.669. The Morgan fingerprint density at radius 1 is 1.78 bits per heavy atom. The third-order valence-electron chi connectivity index (χ3n) is 1.24. The molecule has 1 heterocycles. The van der Waals surface area contributed by atoms with Crippen LogP contribution in [0, 0.1) is 6.92 Å². The van der Waals surface area contributed by atoms with E-state index in [-0.39, 0.29) is 5.75 Å². The first-order valence-corrected chi connectivity index (χ1v) is 2.97. The highest BCUT2D eigenvalue weighted by Gasteiger charge is 1.98. The number of hydrogen-bond donors (Lipinski definition) is 1. The van der Waals surface area contributed by atoms with Gasteiger partial charge in [0.15, 0.2) is 5.75 Å². The Morgan fingerprint density at radius 3 is 2.67 bits per heavy atom. The van der Waals surface area contributed by atoms with Crippen LogP contribution in [0.3, 0.4) is 0 Å². The first-order chi connectivity index (χ1) is 4.24. The van der Waals surface area contributed by atoms with Crippen LogP contribution in [0.5, 0.6) is 5.75 Å². The predicted octanol–water partition coefficient (Wildman–Crippen LogP) is 0.917. The number of nitrogens with zero attached hydrogens (tertiary/aromatic N) is 2. The van der Waals surface area contributed by atoms with Crippen LogP contribution in [-0.2, 0) is 6.54 Å². The van der Waals surface area contributed by atoms with Gasteiger partial charge in [0, 0.05) is 6.54 Å². The highest BCUT2D eigenvalue weighted by Crippen LogP contribution is 2.11. The third kappa shape index (κ3) is 1.04. The number of aryl methyl sites for hydroxylation is 2. The first-order valence-electron chi connectivity index (χ1n) is 2.97. The van der Waals surface area contributed by atoms with E-state index in [1.165, 1.54) is 0 Å². The second-order valence-corrected chi connectivity index (χ2v) is 1.96. The van der Waals surface area contributed by atoms with Gasteiger partial charge in [-0.15, -0.1) is 0 Å². The molecule has 0 saturated heterocycles. The average molecular weight is 126 g/mol. The van der Waals surface area contributed by atoms with E-state index in [9.17, 15) is 0 Å². The summed E-state index contributed by atoms with van der Waals surface area (Å²) in [6.07, 6.45) is 1.62. The second-order valence-electron chi connectivity index (χ2n) is 1.96. The van der Waals surface area contributed by atoms with E-state index in [1.807, 2.05) is 6.92 Å². The quantitative estimate of drug-likeness (QED) is 0.607. The van der Waals surface area contributed by atoms with Crippen LogP contribution in [0.1, 0.15) is 12.6 Å². The predicted molar refractivity (Wildman–Crippen MR) is 34.3 cm³/mol. The Labute approximate surface area is 53.9 Å². The van der Waals surface area contributed by atoms with E-state index < -0.39 is 0 Å². The molecule has 0 bridgehead atoms. The van der Waals surface area contributed by atoms with Crippen LogP contribution >= 0.6 is 0 Å². The van der Waals surface area contributed by atoms with Crippen LogP contribution in [0.2, 0.25) is 0 Å². The van der Waals surface area contributed by atoms with Gasteiger partial charge in [0.1, 0.15) is 5.69 Å². The summed E-state index contributed by atoms with van der Waals surface area (Å²) in [7, 11) is 0. The zero-order valence-electron chi connectivity index (χ0n) is 5.63. The maximum Gasteiger partial charge on any atom is 0.156 e. The molecule has 0 aliphatic heterocycles. The molecule has 0 unspecified atom stereocenters. The largest absolute Gasteiger partial charge is 0.504 e. The number of rotatable bonds is 1. The van der Waals surface area contributed by atoms with Crippen molar-refractivity contribution < 1.29 is 5.11 Å². The molecule has 0 aliphatic rings. The summed E-state index contributed by atoms with van der Waals surface area (Å²) in [5, 5.41) is 13.0. The zero-order valence-corrected chi connectivity index (χ0v) is 5.63. The molecule has 0 saturated carbocycles. The molecule has 9 heavy (non-hydrogen) atoms. The summed E-state index contributed by atoms with van der Waals surface area (Å²) in [5.74, 6) is 0.275. The summed E-state index contributed by atoms with van der Waals surface area (Å²) >= 11 is 0. The summed E-state index contributed by atoms with van der Waals surface area (Å²) in [4.78, 5) is 0. The molecule has 0 aliphatic carbocycles. The minimum absolute atomic E-state index is 0.275. The Balaban J connectivity index is 2.98. The Morgan fingerprint density at radius 2 is 2.44 bits per heavy atom. The molecule has 1 N–H and O–H groups in total. The standard InChI is InChI=1S/C6H10N2O/c1-3-8-4-6(9)5(2)7-8/h4,9H,3H2,1-2H3. The molecule has 0 fully saturated rings. The maximum atomic E-state index is 8.99. The van der Waals surface area contributed by atoms with Crippen molar-refractivity contribution in [1.29, 1.82) is 0 Å². The smallest absolute Gasteiger partial charge is 0.156 e. The van der Waals surface area contributed by atoms with Gasteiger partial charge < -0.3 is 5.11 Å². The highest BCUT2D eigenvalue weighted by atomic mass is 16.3. The Bertz CT molecular complexity index is 185. The molecule has 3 heteroatoms. The zero-order chi connectivity index (χ0) is 6.85. The molecule has 0 amide bonds. The van der Waals surface area contributed by atoms with Crippen molar-refractivity contribution in [2.75, 3.05) is 0 Å². The topological polar surface area (TPSA) is 38.0 Å². The minimum atomic E-state index is 0.275. The third-order valence-corrected chi connectivity index (χ3v) is 1.24. The Kier molecular flexibility index (Phi) is 1.42. The van der Waals surface area contributed by atoms with Crippen LogP contribution in [0.15, 0.2) is 6.20 Å². The van der Waals surface area contributed by atoms with Crippen LogP contribution in [0.4, 0.5) is 0 Å². The molecule has 0 aromatic carbocycles. The van der Waals surface area contributed by atoms with Gasteiger partial charge in [0.25, 0.3) is 0 Å². The fraction of sp³-hybridized carbons (Fsp3) is 0.500. The van der Waals surface area contributed by atoms with E-state index >= 15 is 0 Å². The van der Waals surface area contributed by atoms with Gasteiger partial charge in [-0.25, -0.2) is 0 Å². The van der Waals surface area contributed by atoms with Gasteiger partial charge in [-0.3, -0.25) is 4.68 Å². The van der Waals surface area contributed by atoms with E-state index in [0.29, 0.717) is 5.69 Å². The Hall–Kier alpha value is -0.990. The molecular weight excluding hydrogens is 116 g/mol. The van der Waals surface area contributed by atoms with Crippen LogP contribution < -0.4 is 0 Å². The van der Waals surface area contributed by atoms with Crippen molar-refractivity contribution in [1.82, 2.24) is 9.78 Å². The van der Waals surface area contributed by atoms with Gasteiger partial charge in [-0.1, -0.05) is 0 Å².